The van der Waals surface area contributed by atoms with E-state index >= 15 is 0 Å². The van der Waals surface area contributed by atoms with E-state index in [1.807, 2.05) is 44.3 Å². The fraction of sp³-hybridized carbons (Fsp3) is 0.267. The summed E-state index contributed by atoms with van der Waals surface area (Å²) < 4.78 is 47.2. The molecule has 0 radical (unpaired) electrons. The summed E-state index contributed by atoms with van der Waals surface area (Å²) in [4.78, 5) is 21.7. The van der Waals surface area contributed by atoms with Gasteiger partial charge >= 0.3 is 6.18 Å². The van der Waals surface area contributed by atoms with Crippen molar-refractivity contribution >= 4 is 10.9 Å². The first-order chi connectivity index (χ1) is 19.2. The number of benzene rings is 1. The van der Waals surface area contributed by atoms with Crippen LogP contribution in [0.3, 0.4) is 0 Å². The number of hydrogen-bond acceptors (Lipinski definition) is 5. The quantitative estimate of drug-likeness (QED) is 0.243. The number of H-pyrrole nitrogens is 1. The molecule has 0 spiro atoms. The van der Waals surface area contributed by atoms with Crippen molar-refractivity contribution in [2.75, 3.05) is 0 Å². The number of halogens is 3. The molecule has 0 amide bonds. The van der Waals surface area contributed by atoms with Crippen molar-refractivity contribution in [3.63, 3.8) is 0 Å². The molecule has 206 valence electrons. The number of rotatable bonds is 8. The van der Waals surface area contributed by atoms with Crippen molar-refractivity contribution in [1.29, 1.82) is 0 Å². The third-order valence-electron chi connectivity index (χ3n) is 6.83. The van der Waals surface area contributed by atoms with Crippen molar-refractivity contribution in [2.24, 2.45) is 0 Å². The van der Waals surface area contributed by atoms with Gasteiger partial charge in [-0.1, -0.05) is 25.5 Å². The molecule has 1 aromatic carbocycles. The zero-order valence-corrected chi connectivity index (χ0v) is 22.3. The standard InChI is InChI=1S/C30H28F3N5O2/c1-4-7-20-15-35-37-27(20)22-14-19(3)36-28-21(22)8-5-10-26(28)40-17-23-18(2)11-12-34-25(23)16-38-13-6-9-24(29(38)39)30(31,32)33/h5-6,8-15H,4,7,16-17H2,1-3H3,(H,35,37). The summed E-state index contributed by atoms with van der Waals surface area (Å²) in [6.07, 6.45) is 1.89. The van der Waals surface area contributed by atoms with E-state index in [-0.39, 0.29) is 13.2 Å². The second kappa shape index (κ2) is 11.0. The molecule has 0 saturated heterocycles. The topological polar surface area (TPSA) is 85.7 Å². The average molecular weight is 548 g/mol. The monoisotopic (exact) mass is 547 g/mol. The molecule has 0 aliphatic carbocycles. The lowest BCUT2D eigenvalue weighted by atomic mass is 10.00. The van der Waals surface area contributed by atoms with Gasteiger partial charge in [-0.2, -0.15) is 18.3 Å². The summed E-state index contributed by atoms with van der Waals surface area (Å²) in [6.45, 7) is 5.89. The Hall–Kier alpha value is -4.47. The highest BCUT2D eigenvalue weighted by atomic mass is 19.4. The first kappa shape index (κ1) is 27.1. The Bertz CT molecular complexity index is 1740. The molecule has 4 heterocycles. The van der Waals surface area contributed by atoms with Gasteiger partial charge in [0.05, 0.1) is 24.1 Å². The number of pyridine rings is 3. The number of nitrogens with zero attached hydrogens (tertiary/aromatic N) is 4. The van der Waals surface area contributed by atoms with Gasteiger partial charge in [0.25, 0.3) is 5.56 Å². The van der Waals surface area contributed by atoms with Crippen molar-refractivity contribution in [3.8, 4) is 17.0 Å². The number of para-hydroxylation sites is 1. The zero-order valence-electron chi connectivity index (χ0n) is 22.3. The first-order valence-electron chi connectivity index (χ1n) is 12.9. The van der Waals surface area contributed by atoms with Crippen LogP contribution in [-0.2, 0) is 25.7 Å². The van der Waals surface area contributed by atoms with Crippen molar-refractivity contribution in [2.45, 2.75) is 52.9 Å². The normalized spacial score (nSPS) is 11.8. The number of aromatic amines is 1. The fourth-order valence-corrected chi connectivity index (χ4v) is 4.84. The minimum atomic E-state index is -4.74. The van der Waals surface area contributed by atoms with Crippen molar-refractivity contribution in [1.82, 2.24) is 24.7 Å². The number of aromatic nitrogens is 5. The molecule has 4 aromatic heterocycles. The number of fused-ring (bicyclic) bond motifs is 1. The van der Waals surface area contributed by atoms with Crippen LogP contribution in [0.5, 0.6) is 5.75 Å². The Morgan fingerprint density at radius 2 is 1.93 bits per heavy atom. The summed E-state index contributed by atoms with van der Waals surface area (Å²) in [7, 11) is 0. The minimum absolute atomic E-state index is 0.0952. The van der Waals surface area contributed by atoms with Crippen LogP contribution < -0.4 is 10.3 Å². The maximum absolute atomic E-state index is 13.3. The summed E-state index contributed by atoms with van der Waals surface area (Å²) in [5, 5.41) is 8.30. The lowest BCUT2D eigenvalue weighted by Gasteiger charge is -2.16. The van der Waals surface area contributed by atoms with E-state index in [1.54, 1.807) is 12.3 Å². The van der Waals surface area contributed by atoms with Crippen LogP contribution in [0.25, 0.3) is 22.2 Å². The van der Waals surface area contributed by atoms with Crippen LogP contribution >= 0.6 is 0 Å². The highest BCUT2D eigenvalue weighted by Gasteiger charge is 2.34. The van der Waals surface area contributed by atoms with Crippen molar-refractivity contribution < 1.29 is 17.9 Å². The maximum Gasteiger partial charge on any atom is 0.421 e. The third-order valence-corrected chi connectivity index (χ3v) is 6.83. The van der Waals surface area contributed by atoms with Crippen LogP contribution in [0.15, 0.2) is 65.8 Å². The van der Waals surface area contributed by atoms with Gasteiger partial charge in [-0.05, 0) is 61.7 Å². The van der Waals surface area contributed by atoms with E-state index in [9.17, 15) is 18.0 Å². The van der Waals surface area contributed by atoms with Gasteiger partial charge in [-0.15, -0.1) is 0 Å². The molecular formula is C30H28F3N5O2. The number of nitrogens with one attached hydrogen (secondary N) is 1. The van der Waals surface area contributed by atoms with Crippen LogP contribution in [0, 0.1) is 13.8 Å². The minimum Gasteiger partial charge on any atom is -0.487 e. The van der Waals surface area contributed by atoms with Gasteiger partial charge in [0.1, 0.15) is 23.4 Å². The third kappa shape index (κ3) is 5.34. The summed E-state index contributed by atoms with van der Waals surface area (Å²) >= 11 is 0. The molecule has 40 heavy (non-hydrogen) atoms. The lowest BCUT2D eigenvalue weighted by molar-refractivity contribution is -0.138. The van der Waals surface area contributed by atoms with E-state index in [4.69, 9.17) is 9.72 Å². The lowest BCUT2D eigenvalue weighted by Crippen LogP contribution is -2.29. The molecule has 0 bridgehead atoms. The van der Waals surface area contributed by atoms with Gasteiger partial charge in [-0.3, -0.25) is 14.9 Å². The number of alkyl halides is 3. The second-order valence-electron chi connectivity index (χ2n) is 9.68. The smallest absolute Gasteiger partial charge is 0.421 e. The molecule has 0 aliphatic heterocycles. The fourth-order valence-electron chi connectivity index (χ4n) is 4.84. The van der Waals surface area contributed by atoms with Gasteiger partial charge < -0.3 is 9.30 Å². The van der Waals surface area contributed by atoms with Gasteiger partial charge in [0, 0.05) is 34.6 Å². The SMILES string of the molecule is CCCc1cn[nH]c1-c1cc(C)nc2c(OCc3c(C)ccnc3Cn3cccc(C(F)(F)F)c3=O)cccc12. The van der Waals surface area contributed by atoms with E-state index in [2.05, 4.69) is 22.1 Å². The highest BCUT2D eigenvalue weighted by molar-refractivity contribution is 5.97. The van der Waals surface area contributed by atoms with E-state index in [0.29, 0.717) is 22.5 Å². The van der Waals surface area contributed by atoms with Crippen LogP contribution in [0.4, 0.5) is 13.2 Å². The van der Waals surface area contributed by atoms with E-state index < -0.39 is 17.3 Å². The molecule has 5 aromatic rings. The number of hydrogen-bond donors (Lipinski definition) is 1. The summed E-state index contributed by atoms with van der Waals surface area (Å²) in [6, 6.07) is 11.5. The first-order valence-corrected chi connectivity index (χ1v) is 12.9. The van der Waals surface area contributed by atoms with E-state index in [1.165, 1.54) is 12.3 Å². The number of aryl methyl sites for hydroxylation is 3. The van der Waals surface area contributed by atoms with Gasteiger partial charge in [0.15, 0.2) is 0 Å². The van der Waals surface area contributed by atoms with Gasteiger partial charge in [0.2, 0.25) is 0 Å². The largest absolute Gasteiger partial charge is 0.487 e. The highest BCUT2D eigenvalue weighted by Crippen LogP contribution is 2.34. The second-order valence-corrected chi connectivity index (χ2v) is 9.68. The maximum atomic E-state index is 13.3. The molecule has 1 N–H and O–H groups in total. The Kier molecular flexibility index (Phi) is 7.42. The average Bonchev–Trinajstić information content (AvgIpc) is 3.37. The Labute approximate surface area is 228 Å². The molecule has 0 fully saturated rings. The van der Waals surface area contributed by atoms with Crippen LogP contribution in [0.1, 0.15) is 47.0 Å². The molecule has 0 saturated carbocycles. The molecule has 10 heteroatoms. The molecular weight excluding hydrogens is 519 g/mol. The Morgan fingerprint density at radius 3 is 2.70 bits per heavy atom. The molecule has 7 nitrogen and oxygen atoms in total. The Morgan fingerprint density at radius 1 is 1.10 bits per heavy atom. The Balaban J connectivity index is 1.49. The van der Waals surface area contributed by atoms with Crippen molar-refractivity contribution in [3.05, 3.63) is 105 Å². The molecule has 0 atom stereocenters. The summed E-state index contributed by atoms with van der Waals surface area (Å²) in [5.41, 5.74) is 4.22. The molecule has 0 unspecified atom stereocenters. The van der Waals surface area contributed by atoms with Crippen LogP contribution in [-0.4, -0.2) is 24.7 Å². The predicted octanol–water partition coefficient (Wildman–Crippen LogP) is 6.40. The summed E-state index contributed by atoms with van der Waals surface area (Å²) in [5.74, 6) is 0.560. The molecule has 0 aliphatic rings. The zero-order chi connectivity index (χ0) is 28.4. The van der Waals surface area contributed by atoms with Gasteiger partial charge in [-0.25, -0.2) is 4.98 Å². The van der Waals surface area contributed by atoms with Crippen LogP contribution in [0.2, 0.25) is 0 Å². The predicted molar refractivity (Wildman–Crippen MR) is 146 cm³/mol. The van der Waals surface area contributed by atoms with E-state index in [0.717, 1.165) is 56.9 Å². The molecule has 5 rings (SSSR count). The number of ether oxygens (including phenoxy) is 1.